The number of benzene rings is 1. The van der Waals surface area contributed by atoms with Gasteiger partial charge in [0.15, 0.2) is 0 Å². The van der Waals surface area contributed by atoms with Crippen LogP contribution in [-0.2, 0) is 4.79 Å². The van der Waals surface area contributed by atoms with Crippen molar-refractivity contribution >= 4 is 33.9 Å². The van der Waals surface area contributed by atoms with E-state index >= 15 is 0 Å². The Hall–Kier alpha value is -1.62. The van der Waals surface area contributed by atoms with E-state index in [1.807, 2.05) is 24.3 Å². The quantitative estimate of drug-likeness (QED) is 0.600. The minimum atomic E-state index is -0.483. The van der Waals surface area contributed by atoms with E-state index in [1.165, 1.54) is 0 Å². The van der Waals surface area contributed by atoms with Crippen LogP contribution in [0.1, 0.15) is 5.56 Å². The first-order valence-electron chi connectivity index (χ1n) is 4.25. The van der Waals surface area contributed by atoms with E-state index in [2.05, 4.69) is 26.6 Å². The van der Waals surface area contributed by atoms with Crippen LogP contribution in [0.15, 0.2) is 34.4 Å². The molecule has 1 aromatic rings. The van der Waals surface area contributed by atoms with Crippen LogP contribution in [0.5, 0.6) is 0 Å². The molecule has 0 saturated carbocycles. The van der Waals surface area contributed by atoms with Crippen LogP contribution < -0.4 is 10.6 Å². The lowest BCUT2D eigenvalue weighted by molar-refractivity contribution is -0.115. The second kappa shape index (κ2) is 3.86. The zero-order valence-corrected chi connectivity index (χ0v) is 9.17. The molecule has 1 aliphatic rings. The van der Waals surface area contributed by atoms with E-state index < -0.39 is 11.9 Å². The molecule has 0 aliphatic carbocycles. The average Bonchev–Trinajstić information content (AvgIpc) is 2.49. The number of hydrogen-bond acceptors (Lipinski definition) is 2. The number of hydrogen-bond donors (Lipinski definition) is 2. The summed E-state index contributed by atoms with van der Waals surface area (Å²) < 4.78 is 0.963. The molecule has 1 fully saturated rings. The number of carbonyl (C=O) groups excluding carboxylic acids is 2. The van der Waals surface area contributed by atoms with E-state index in [1.54, 1.807) is 6.08 Å². The van der Waals surface area contributed by atoms with Crippen LogP contribution >= 0.6 is 15.9 Å². The van der Waals surface area contributed by atoms with E-state index in [-0.39, 0.29) is 5.70 Å². The number of carbonyl (C=O) groups is 2. The number of halogens is 1. The van der Waals surface area contributed by atoms with Gasteiger partial charge in [-0.25, -0.2) is 4.79 Å². The largest absolute Gasteiger partial charge is 0.326 e. The summed E-state index contributed by atoms with van der Waals surface area (Å²) in [4.78, 5) is 22.0. The summed E-state index contributed by atoms with van der Waals surface area (Å²) in [6.45, 7) is 0. The molecule has 0 atom stereocenters. The predicted molar refractivity (Wildman–Crippen MR) is 58.8 cm³/mol. The van der Waals surface area contributed by atoms with Crippen molar-refractivity contribution in [1.82, 2.24) is 10.6 Å². The van der Waals surface area contributed by atoms with E-state index in [9.17, 15) is 9.59 Å². The molecule has 0 spiro atoms. The molecule has 76 valence electrons. The smallest absolute Gasteiger partial charge is 0.303 e. The number of nitrogens with one attached hydrogen (secondary N) is 2. The summed E-state index contributed by atoms with van der Waals surface area (Å²) in [5.41, 5.74) is 1.12. The highest BCUT2D eigenvalue weighted by Gasteiger charge is 2.22. The Morgan fingerprint density at radius 2 is 1.73 bits per heavy atom. The summed E-state index contributed by atoms with van der Waals surface area (Å²) >= 11 is 3.31. The van der Waals surface area contributed by atoms with Crippen molar-refractivity contribution in [3.05, 3.63) is 40.0 Å². The number of amides is 3. The van der Waals surface area contributed by atoms with Crippen molar-refractivity contribution in [2.75, 3.05) is 0 Å². The number of imide groups is 1. The molecule has 2 N–H and O–H groups in total. The topological polar surface area (TPSA) is 58.2 Å². The molecular weight excluding hydrogens is 260 g/mol. The molecule has 0 unspecified atom stereocenters. The zero-order valence-electron chi connectivity index (χ0n) is 7.58. The van der Waals surface area contributed by atoms with Crippen molar-refractivity contribution < 1.29 is 9.59 Å². The van der Waals surface area contributed by atoms with Gasteiger partial charge >= 0.3 is 6.03 Å². The summed E-state index contributed by atoms with van der Waals surface area (Å²) in [5, 5.41) is 4.55. The van der Waals surface area contributed by atoms with Gasteiger partial charge in [-0.3, -0.25) is 10.1 Å². The number of rotatable bonds is 1. The van der Waals surface area contributed by atoms with Gasteiger partial charge in [0.25, 0.3) is 5.91 Å². The van der Waals surface area contributed by atoms with Crippen LogP contribution in [-0.4, -0.2) is 11.9 Å². The van der Waals surface area contributed by atoms with Gasteiger partial charge in [-0.05, 0) is 23.8 Å². The molecule has 1 saturated heterocycles. The average molecular weight is 267 g/mol. The summed E-state index contributed by atoms with van der Waals surface area (Å²) in [7, 11) is 0. The minimum absolute atomic E-state index is 0.266. The molecule has 1 heterocycles. The molecule has 15 heavy (non-hydrogen) atoms. The molecule has 0 radical (unpaired) electrons. The lowest BCUT2D eigenvalue weighted by Crippen LogP contribution is -2.22. The monoisotopic (exact) mass is 266 g/mol. The first kappa shape index (κ1) is 9.92. The highest BCUT2D eigenvalue weighted by molar-refractivity contribution is 9.10. The maximum atomic E-state index is 11.2. The maximum absolute atomic E-state index is 11.2. The van der Waals surface area contributed by atoms with Crippen molar-refractivity contribution in [1.29, 1.82) is 0 Å². The molecule has 1 aliphatic heterocycles. The predicted octanol–water partition coefficient (Wildman–Crippen LogP) is 1.63. The first-order valence-corrected chi connectivity index (χ1v) is 5.04. The molecule has 4 nitrogen and oxygen atoms in total. The molecule has 5 heteroatoms. The fourth-order valence-electron chi connectivity index (χ4n) is 1.21. The summed E-state index contributed by atoms with van der Waals surface area (Å²) in [6, 6.07) is 6.93. The molecule has 1 aromatic carbocycles. The van der Waals surface area contributed by atoms with E-state index in [4.69, 9.17) is 0 Å². The lowest BCUT2D eigenvalue weighted by Gasteiger charge is -1.96. The van der Waals surface area contributed by atoms with Crippen LogP contribution in [0.4, 0.5) is 4.79 Å². The Kier molecular flexibility index (Phi) is 2.55. The minimum Gasteiger partial charge on any atom is -0.303 e. The van der Waals surface area contributed by atoms with E-state index in [0.717, 1.165) is 10.0 Å². The Balaban J connectivity index is 2.27. The van der Waals surface area contributed by atoms with Gasteiger partial charge in [-0.2, -0.15) is 0 Å². The molecule has 0 aromatic heterocycles. The molecule has 3 amide bonds. The standard InChI is InChI=1S/C10H7BrN2O2/c11-7-3-1-6(2-4-7)5-8-9(14)13-10(15)12-8/h1-5H,(H2,12,13,14,15)/b8-5+. The fourth-order valence-corrected chi connectivity index (χ4v) is 1.47. The van der Waals surface area contributed by atoms with Crippen LogP contribution in [0.25, 0.3) is 6.08 Å². The van der Waals surface area contributed by atoms with Crippen LogP contribution in [0.2, 0.25) is 0 Å². The maximum Gasteiger partial charge on any atom is 0.326 e. The second-order valence-electron chi connectivity index (χ2n) is 3.02. The highest BCUT2D eigenvalue weighted by atomic mass is 79.9. The third kappa shape index (κ3) is 2.24. The highest BCUT2D eigenvalue weighted by Crippen LogP contribution is 2.13. The van der Waals surface area contributed by atoms with Crippen molar-refractivity contribution in [2.45, 2.75) is 0 Å². The Morgan fingerprint density at radius 1 is 1.07 bits per heavy atom. The van der Waals surface area contributed by atoms with Crippen molar-refractivity contribution in [3.8, 4) is 0 Å². The van der Waals surface area contributed by atoms with Crippen LogP contribution in [0, 0.1) is 0 Å². The normalized spacial score (nSPS) is 17.8. The second-order valence-corrected chi connectivity index (χ2v) is 3.93. The Labute approximate surface area is 94.5 Å². The Morgan fingerprint density at radius 3 is 2.27 bits per heavy atom. The molecule has 2 rings (SSSR count). The first-order chi connectivity index (χ1) is 7.15. The van der Waals surface area contributed by atoms with Crippen molar-refractivity contribution in [3.63, 3.8) is 0 Å². The summed E-state index contributed by atoms with van der Waals surface area (Å²) in [6.07, 6.45) is 1.62. The molecular formula is C10H7BrN2O2. The van der Waals surface area contributed by atoms with Crippen LogP contribution in [0.3, 0.4) is 0 Å². The van der Waals surface area contributed by atoms with Gasteiger partial charge in [-0.1, -0.05) is 28.1 Å². The van der Waals surface area contributed by atoms with Gasteiger partial charge in [0, 0.05) is 4.47 Å². The lowest BCUT2D eigenvalue weighted by atomic mass is 10.2. The SMILES string of the molecule is O=C1NC(=O)/C(=C\c2ccc(Br)cc2)N1. The third-order valence-corrected chi connectivity index (χ3v) is 2.43. The Bertz CT molecular complexity index is 451. The molecule has 0 bridgehead atoms. The summed E-state index contributed by atoms with van der Waals surface area (Å²) in [5.74, 6) is -0.400. The van der Waals surface area contributed by atoms with Gasteiger partial charge in [-0.15, -0.1) is 0 Å². The van der Waals surface area contributed by atoms with Gasteiger partial charge in [0.2, 0.25) is 0 Å². The van der Waals surface area contributed by atoms with Crippen molar-refractivity contribution in [2.24, 2.45) is 0 Å². The zero-order chi connectivity index (χ0) is 10.8. The van der Waals surface area contributed by atoms with Gasteiger partial charge < -0.3 is 5.32 Å². The third-order valence-electron chi connectivity index (χ3n) is 1.90. The fraction of sp³-hybridized carbons (Fsp3) is 0. The van der Waals surface area contributed by atoms with E-state index in [0.29, 0.717) is 0 Å². The van der Waals surface area contributed by atoms with Gasteiger partial charge in [0.05, 0.1) is 0 Å². The van der Waals surface area contributed by atoms with Gasteiger partial charge in [0.1, 0.15) is 5.70 Å². The number of urea groups is 1.